The molecule has 0 saturated carbocycles. The van der Waals surface area contributed by atoms with Crippen molar-refractivity contribution in [3.8, 4) is 0 Å². The molecule has 5 N–H and O–H groups in total. The summed E-state index contributed by atoms with van der Waals surface area (Å²) in [4.78, 5) is 23.2. The van der Waals surface area contributed by atoms with Gasteiger partial charge in [0.15, 0.2) is 0 Å². The number of aliphatic imine (C=N–C) groups is 1. The molecule has 3 heterocycles. The zero-order valence-electron chi connectivity index (χ0n) is 16.4. The van der Waals surface area contributed by atoms with Crippen LogP contribution in [0.1, 0.15) is 21.6 Å². The molecular weight excluding hydrogens is 378 g/mol. The quantitative estimate of drug-likeness (QED) is 0.457. The fourth-order valence-corrected chi connectivity index (χ4v) is 3.40. The summed E-state index contributed by atoms with van der Waals surface area (Å²) in [5.41, 5.74) is 9.26. The Labute approximate surface area is 174 Å². The number of amides is 1. The summed E-state index contributed by atoms with van der Waals surface area (Å²) in [5.74, 6) is 0.413. The number of allylic oxidation sites excluding steroid dienone is 1. The van der Waals surface area contributed by atoms with Crippen molar-refractivity contribution in [1.29, 1.82) is 5.41 Å². The zero-order valence-corrected chi connectivity index (χ0v) is 16.4. The fourth-order valence-electron chi connectivity index (χ4n) is 3.40. The second kappa shape index (κ2) is 8.71. The van der Waals surface area contributed by atoms with Crippen LogP contribution in [0.3, 0.4) is 0 Å². The topological polar surface area (TPSA) is 119 Å². The Morgan fingerprint density at radius 1 is 1.10 bits per heavy atom. The number of amidine groups is 1. The third-order valence-electron chi connectivity index (χ3n) is 4.99. The number of benzene rings is 1. The molecule has 152 valence electrons. The molecule has 0 radical (unpaired) electrons. The Hall–Kier alpha value is -3.78. The summed E-state index contributed by atoms with van der Waals surface area (Å²) >= 11 is 0. The van der Waals surface area contributed by atoms with Crippen molar-refractivity contribution >= 4 is 29.1 Å². The minimum absolute atomic E-state index is 0.0548. The van der Waals surface area contributed by atoms with Gasteiger partial charge in [-0.1, -0.05) is 18.2 Å². The summed E-state index contributed by atoms with van der Waals surface area (Å²) < 4.78 is 0. The maximum absolute atomic E-state index is 12.6. The number of rotatable bonds is 4. The monoisotopic (exact) mass is 401 g/mol. The molecule has 1 aromatic heterocycles. The van der Waals surface area contributed by atoms with Crippen LogP contribution in [0.25, 0.3) is 11.1 Å². The number of hydrogen-bond donors (Lipinski definition) is 4. The van der Waals surface area contributed by atoms with Gasteiger partial charge in [0, 0.05) is 55.9 Å². The van der Waals surface area contributed by atoms with E-state index in [2.05, 4.69) is 20.6 Å². The Bertz CT molecular complexity index is 1030. The molecule has 1 aromatic carbocycles. The molecule has 0 unspecified atom stereocenters. The Kier molecular flexibility index (Phi) is 5.67. The molecule has 2 aliphatic heterocycles. The highest BCUT2D eigenvalue weighted by Crippen LogP contribution is 2.21. The van der Waals surface area contributed by atoms with Crippen molar-refractivity contribution in [2.24, 2.45) is 10.7 Å². The minimum Gasteiger partial charge on any atom is -0.384 e. The van der Waals surface area contributed by atoms with Gasteiger partial charge in [0.1, 0.15) is 11.7 Å². The molecule has 4 rings (SSSR count). The smallest absolute Gasteiger partial charge is 0.253 e. The highest BCUT2D eigenvalue weighted by atomic mass is 16.2. The third kappa shape index (κ3) is 4.13. The summed E-state index contributed by atoms with van der Waals surface area (Å²) in [6, 6.07) is 12.9. The number of nitrogens with two attached hydrogens (primary N) is 1. The van der Waals surface area contributed by atoms with E-state index in [0.717, 1.165) is 37.3 Å². The number of hydrogen-bond acceptors (Lipinski definition) is 6. The second-order valence-electron chi connectivity index (χ2n) is 6.97. The fraction of sp³-hybridized carbons (Fsp3) is 0.182. The van der Waals surface area contributed by atoms with E-state index in [0.29, 0.717) is 22.7 Å². The van der Waals surface area contributed by atoms with Crippen molar-refractivity contribution in [3.63, 3.8) is 0 Å². The van der Waals surface area contributed by atoms with Crippen LogP contribution >= 0.6 is 0 Å². The summed E-state index contributed by atoms with van der Waals surface area (Å²) in [6.45, 7) is 3.11. The lowest BCUT2D eigenvalue weighted by atomic mass is 10.0. The van der Waals surface area contributed by atoms with Crippen LogP contribution in [0.15, 0.2) is 65.7 Å². The van der Waals surface area contributed by atoms with Gasteiger partial charge in [-0.2, -0.15) is 0 Å². The van der Waals surface area contributed by atoms with Gasteiger partial charge in [-0.3, -0.25) is 15.2 Å². The Morgan fingerprint density at radius 3 is 2.47 bits per heavy atom. The first-order chi connectivity index (χ1) is 14.6. The normalized spacial score (nSPS) is 17.7. The van der Waals surface area contributed by atoms with Gasteiger partial charge in [0.05, 0.1) is 11.3 Å². The van der Waals surface area contributed by atoms with Crippen molar-refractivity contribution in [2.75, 3.05) is 26.2 Å². The predicted octanol–water partition coefficient (Wildman–Crippen LogP) is 1.45. The molecule has 8 heteroatoms. The molecule has 1 amide bonds. The number of carbonyl (C=O) groups excluding carboxylic acids is 1. The average molecular weight is 401 g/mol. The van der Waals surface area contributed by atoms with Crippen LogP contribution in [0.4, 0.5) is 0 Å². The number of pyridine rings is 1. The first-order valence-corrected chi connectivity index (χ1v) is 9.75. The second-order valence-corrected chi connectivity index (χ2v) is 6.97. The van der Waals surface area contributed by atoms with Gasteiger partial charge >= 0.3 is 0 Å². The van der Waals surface area contributed by atoms with Gasteiger partial charge in [-0.15, -0.1) is 0 Å². The van der Waals surface area contributed by atoms with E-state index in [1.54, 1.807) is 30.7 Å². The lowest BCUT2D eigenvalue weighted by Gasteiger charge is -2.27. The van der Waals surface area contributed by atoms with Crippen LogP contribution < -0.4 is 16.4 Å². The van der Waals surface area contributed by atoms with Gasteiger partial charge in [0.2, 0.25) is 0 Å². The number of aromatic nitrogens is 1. The van der Waals surface area contributed by atoms with E-state index in [1.807, 2.05) is 35.2 Å². The van der Waals surface area contributed by atoms with Crippen molar-refractivity contribution in [2.45, 2.75) is 0 Å². The van der Waals surface area contributed by atoms with E-state index < -0.39 is 0 Å². The standard InChI is InChI=1S/C22H23N7O/c23-20(24)19(18-3-1-2-8-26-18)21-27-13-17(14-28-21)15-4-6-16(7-5-15)22(30)29-11-9-25-10-12-29/h1-8,13-14,25,27H,9-12H2,(H3,23,24)/b21-19-. The van der Waals surface area contributed by atoms with E-state index in [1.165, 1.54) is 0 Å². The summed E-state index contributed by atoms with van der Waals surface area (Å²) in [7, 11) is 0. The largest absolute Gasteiger partial charge is 0.384 e. The van der Waals surface area contributed by atoms with Gasteiger partial charge < -0.3 is 21.3 Å². The van der Waals surface area contributed by atoms with Gasteiger partial charge in [-0.05, 0) is 29.8 Å². The van der Waals surface area contributed by atoms with E-state index in [9.17, 15) is 4.79 Å². The van der Waals surface area contributed by atoms with Crippen LogP contribution in [0.5, 0.6) is 0 Å². The molecule has 30 heavy (non-hydrogen) atoms. The molecule has 2 aromatic rings. The minimum atomic E-state index is -0.110. The number of carbonyl (C=O) groups is 1. The molecule has 0 bridgehead atoms. The molecule has 0 aliphatic carbocycles. The molecule has 1 fully saturated rings. The molecule has 0 atom stereocenters. The highest BCUT2D eigenvalue weighted by molar-refractivity contribution is 6.21. The highest BCUT2D eigenvalue weighted by Gasteiger charge is 2.18. The first kappa shape index (κ1) is 19.5. The number of nitrogens with one attached hydrogen (secondary N) is 3. The van der Waals surface area contributed by atoms with Crippen LogP contribution in [-0.2, 0) is 0 Å². The van der Waals surface area contributed by atoms with E-state index in [4.69, 9.17) is 11.1 Å². The maximum atomic E-state index is 12.6. The average Bonchev–Trinajstić information content (AvgIpc) is 2.80. The van der Waals surface area contributed by atoms with Crippen molar-refractivity contribution < 1.29 is 4.79 Å². The molecule has 0 spiro atoms. The maximum Gasteiger partial charge on any atom is 0.253 e. The molecular formula is C22H23N7O. The van der Waals surface area contributed by atoms with Crippen molar-refractivity contribution in [1.82, 2.24) is 20.5 Å². The summed E-state index contributed by atoms with van der Waals surface area (Å²) in [6.07, 6.45) is 5.17. The van der Waals surface area contributed by atoms with Gasteiger partial charge in [0.25, 0.3) is 5.91 Å². The lowest BCUT2D eigenvalue weighted by molar-refractivity contribution is 0.0736. The Morgan fingerprint density at radius 2 is 1.87 bits per heavy atom. The SMILES string of the molecule is N=C(N)/C(=C1\N=CC(c2ccc(C(=O)N3CCNCC3)cc2)=CN1)c1ccccn1. The Balaban J connectivity index is 1.51. The number of piperazine rings is 1. The first-order valence-electron chi connectivity index (χ1n) is 9.75. The van der Waals surface area contributed by atoms with Crippen LogP contribution in [0.2, 0.25) is 0 Å². The van der Waals surface area contributed by atoms with Crippen molar-refractivity contribution in [3.05, 3.63) is 77.5 Å². The molecule has 8 nitrogen and oxygen atoms in total. The van der Waals surface area contributed by atoms with Gasteiger partial charge in [-0.25, -0.2) is 4.99 Å². The van der Waals surface area contributed by atoms with E-state index in [-0.39, 0.29) is 11.7 Å². The molecule has 2 aliphatic rings. The number of nitrogens with zero attached hydrogens (tertiary/aromatic N) is 3. The van der Waals surface area contributed by atoms with E-state index >= 15 is 0 Å². The lowest BCUT2D eigenvalue weighted by Crippen LogP contribution is -2.46. The predicted molar refractivity (Wildman–Crippen MR) is 118 cm³/mol. The van der Waals surface area contributed by atoms with Crippen LogP contribution in [0, 0.1) is 5.41 Å². The zero-order chi connectivity index (χ0) is 20.9. The molecule has 1 saturated heterocycles. The van der Waals surface area contributed by atoms with Crippen LogP contribution in [-0.4, -0.2) is 54.0 Å². The third-order valence-corrected chi connectivity index (χ3v) is 4.99. The summed E-state index contributed by atoms with van der Waals surface area (Å²) in [5, 5.41) is 14.3.